The summed E-state index contributed by atoms with van der Waals surface area (Å²) in [6, 6.07) is 27.0. The van der Waals surface area contributed by atoms with Crippen molar-refractivity contribution < 1.29 is 4.79 Å². The molecule has 0 unspecified atom stereocenters. The quantitative estimate of drug-likeness (QED) is 0.247. The zero-order valence-electron chi connectivity index (χ0n) is 16.3. The van der Waals surface area contributed by atoms with E-state index >= 15 is 0 Å². The van der Waals surface area contributed by atoms with Crippen LogP contribution in [-0.2, 0) is 4.79 Å². The number of amides is 1. The highest BCUT2D eigenvalue weighted by Gasteiger charge is 2.17. The average molecular weight is 484 g/mol. The van der Waals surface area contributed by atoms with Gasteiger partial charge >= 0.3 is 0 Å². The summed E-state index contributed by atoms with van der Waals surface area (Å²) in [6.45, 7) is 0. The summed E-state index contributed by atoms with van der Waals surface area (Å²) in [4.78, 5) is 12.8. The van der Waals surface area contributed by atoms with Crippen LogP contribution >= 0.6 is 46.9 Å². The van der Waals surface area contributed by atoms with E-state index in [2.05, 4.69) is 10.4 Å². The van der Waals surface area contributed by atoms with E-state index in [1.54, 1.807) is 16.8 Å². The monoisotopic (exact) mass is 483 g/mol. The predicted molar refractivity (Wildman–Crippen MR) is 131 cm³/mol. The highest BCUT2D eigenvalue weighted by molar-refractivity contribution is 8.01. The lowest BCUT2D eigenvalue weighted by molar-refractivity contribution is -0.119. The van der Waals surface area contributed by atoms with Gasteiger partial charge in [-0.1, -0.05) is 95.4 Å². The van der Waals surface area contributed by atoms with Gasteiger partial charge < -0.3 is 5.32 Å². The molecule has 0 radical (unpaired) electrons. The summed E-state index contributed by atoms with van der Waals surface area (Å²) in [6.07, 6.45) is 0. The van der Waals surface area contributed by atoms with E-state index in [0.29, 0.717) is 8.98 Å². The van der Waals surface area contributed by atoms with Gasteiger partial charge in [-0.15, -0.1) is 5.10 Å². The van der Waals surface area contributed by atoms with E-state index in [4.69, 9.17) is 23.8 Å². The van der Waals surface area contributed by atoms with Gasteiger partial charge in [0.25, 0.3) is 0 Å². The first-order chi connectivity index (χ1) is 15.1. The minimum atomic E-state index is -0.208. The fraction of sp³-hybridized carbons (Fsp3) is 0.0870. The molecule has 0 aliphatic heterocycles. The average Bonchev–Trinajstić information content (AvgIpc) is 3.18. The molecule has 4 aromatic rings. The van der Waals surface area contributed by atoms with Crippen LogP contribution in [0.3, 0.4) is 0 Å². The zero-order chi connectivity index (χ0) is 21.6. The van der Waals surface area contributed by atoms with Crippen LogP contribution in [0.1, 0.15) is 17.2 Å². The van der Waals surface area contributed by atoms with Crippen LogP contribution in [0.15, 0.2) is 89.3 Å². The number of nitrogens with one attached hydrogen (secondary N) is 1. The molecule has 0 aliphatic carbocycles. The van der Waals surface area contributed by atoms with Gasteiger partial charge in [-0.2, -0.15) is 0 Å². The van der Waals surface area contributed by atoms with E-state index < -0.39 is 0 Å². The van der Waals surface area contributed by atoms with Gasteiger partial charge in [0.05, 0.1) is 17.5 Å². The van der Waals surface area contributed by atoms with Crippen molar-refractivity contribution in [3.05, 3.63) is 105 Å². The number of rotatable bonds is 7. The largest absolute Gasteiger partial charge is 0.344 e. The van der Waals surface area contributed by atoms with E-state index in [0.717, 1.165) is 21.2 Å². The molecule has 31 heavy (non-hydrogen) atoms. The fourth-order valence-corrected chi connectivity index (χ4v) is 5.34. The molecule has 1 N–H and O–H groups in total. The highest BCUT2D eigenvalue weighted by atomic mass is 35.5. The fourth-order valence-electron chi connectivity index (χ4n) is 3.04. The molecule has 1 amide bonds. The van der Waals surface area contributed by atoms with Crippen LogP contribution in [0.25, 0.3) is 5.69 Å². The van der Waals surface area contributed by atoms with Crippen LogP contribution in [-0.4, -0.2) is 21.4 Å². The second-order valence-electron chi connectivity index (χ2n) is 6.63. The Morgan fingerprint density at radius 2 is 1.58 bits per heavy atom. The smallest absolute Gasteiger partial charge is 0.231 e. The van der Waals surface area contributed by atoms with E-state index in [-0.39, 0.29) is 17.7 Å². The number of thioether (sulfide) groups is 1. The van der Waals surface area contributed by atoms with Crippen molar-refractivity contribution in [2.24, 2.45) is 0 Å². The Hall–Kier alpha value is -2.45. The van der Waals surface area contributed by atoms with Crippen molar-refractivity contribution in [3.63, 3.8) is 0 Å². The molecule has 0 bridgehead atoms. The third-order valence-corrected chi connectivity index (χ3v) is 7.12. The van der Waals surface area contributed by atoms with Gasteiger partial charge in [-0.05, 0) is 47.6 Å². The lowest BCUT2D eigenvalue weighted by atomic mass is 9.99. The SMILES string of the molecule is O=C(CSc1nn(-c2ccc(Cl)cc2)c(=S)s1)NC(c1ccccc1)c1ccccc1. The standard InChI is InChI=1S/C23H18ClN3OS3/c24-18-11-13-19(14-12-18)27-23(29)31-22(26-27)30-15-20(28)25-21(16-7-3-1-4-8-16)17-9-5-2-6-10-17/h1-14,21H,15H2,(H,25,28). The summed E-state index contributed by atoms with van der Waals surface area (Å²) in [7, 11) is 0. The second kappa shape index (κ2) is 10.2. The maximum atomic E-state index is 12.8. The van der Waals surface area contributed by atoms with Gasteiger partial charge in [0.1, 0.15) is 0 Å². The van der Waals surface area contributed by atoms with Crippen LogP contribution in [0, 0.1) is 3.95 Å². The molecule has 1 heterocycles. The summed E-state index contributed by atoms with van der Waals surface area (Å²) in [5, 5.41) is 8.35. The molecule has 156 valence electrons. The maximum absolute atomic E-state index is 12.8. The number of aromatic nitrogens is 2. The Kier molecular flexibility index (Phi) is 7.19. The summed E-state index contributed by atoms with van der Waals surface area (Å²) < 4.78 is 3.05. The molecule has 8 heteroatoms. The van der Waals surface area contributed by atoms with Crippen molar-refractivity contribution in [2.75, 3.05) is 5.75 Å². The highest BCUT2D eigenvalue weighted by Crippen LogP contribution is 2.26. The lowest BCUT2D eigenvalue weighted by Crippen LogP contribution is -2.30. The lowest BCUT2D eigenvalue weighted by Gasteiger charge is -2.19. The molecular formula is C23H18ClN3OS3. The first-order valence-corrected chi connectivity index (χ1v) is 12.1. The first-order valence-electron chi connectivity index (χ1n) is 9.48. The van der Waals surface area contributed by atoms with Gasteiger partial charge in [-0.25, -0.2) is 4.68 Å². The third kappa shape index (κ3) is 5.62. The minimum absolute atomic E-state index is 0.0677. The second-order valence-corrected chi connectivity index (χ2v) is 9.91. The number of benzene rings is 3. The topological polar surface area (TPSA) is 46.9 Å². The number of hydrogen-bond donors (Lipinski definition) is 1. The number of halogens is 1. The predicted octanol–water partition coefficient (Wildman–Crippen LogP) is 6.31. The van der Waals surface area contributed by atoms with Crippen molar-refractivity contribution in [1.82, 2.24) is 15.1 Å². The summed E-state index contributed by atoms with van der Waals surface area (Å²) in [5.74, 6) is 0.181. The molecule has 4 nitrogen and oxygen atoms in total. The minimum Gasteiger partial charge on any atom is -0.344 e. The molecule has 3 aromatic carbocycles. The Balaban J connectivity index is 1.45. The number of nitrogens with zero attached hydrogens (tertiary/aromatic N) is 2. The summed E-state index contributed by atoms with van der Waals surface area (Å²) >= 11 is 14.2. The van der Waals surface area contributed by atoms with Crippen molar-refractivity contribution in [2.45, 2.75) is 10.4 Å². The van der Waals surface area contributed by atoms with Crippen LogP contribution in [0.5, 0.6) is 0 Å². The van der Waals surface area contributed by atoms with Crippen molar-refractivity contribution >= 4 is 52.8 Å². The molecule has 0 fully saturated rings. The van der Waals surface area contributed by atoms with Gasteiger partial charge in [0, 0.05) is 5.02 Å². The van der Waals surface area contributed by atoms with Crippen LogP contribution in [0.4, 0.5) is 0 Å². The summed E-state index contributed by atoms with van der Waals surface area (Å²) in [5.41, 5.74) is 2.92. The first kappa shape index (κ1) is 21.8. The number of carbonyl (C=O) groups excluding carboxylic acids is 1. The molecule has 1 aromatic heterocycles. The van der Waals surface area contributed by atoms with Crippen LogP contribution < -0.4 is 5.32 Å². The maximum Gasteiger partial charge on any atom is 0.231 e. The molecule has 0 atom stereocenters. The molecule has 0 aliphatic rings. The van der Waals surface area contributed by atoms with E-state index in [9.17, 15) is 4.79 Å². The van der Waals surface area contributed by atoms with Crippen molar-refractivity contribution in [1.29, 1.82) is 0 Å². The normalized spacial score (nSPS) is 10.9. The Morgan fingerprint density at radius 1 is 1.00 bits per heavy atom. The Bertz CT molecular complexity index is 1170. The van der Waals surface area contributed by atoms with Gasteiger partial charge in [0.15, 0.2) is 8.29 Å². The Morgan fingerprint density at radius 3 is 2.16 bits per heavy atom. The molecule has 4 rings (SSSR count). The number of carbonyl (C=O) groups is 1. The zero-order valence-corrected chi connectivity index (χ0v) is 19.5. The molecule has 0 saturated carbocycles. The van der Waals surface area contributed by atoms with E-state index in [1.165, 1.54) is 23.1 Å². The number of hydrogen-bond acceptors (Lipinski definition) is 5. The molecule has 0 saturated heterocycles. The molecule has 0 spiro atoms. The van der Waals surface area contributed by atoms with Crippen molar-refractivity contribution in [3.8, 4) is 5.69 Å². The van der Waals surface area contributed by atoms with Gasteiger partial charge in [0.2, 0.25) is 5.91 Å². The van der Waals surface area contributed by atoms with E-state index in [1.807, 2.05) is 72.8 Å². The Labute approximate surface area is 198 Å². The van der Waals surface area contributed by atoms with Crippen LogP contribution in [0.2, 0.25) is 5.02 Å². The molecular weight excluding hydrogens is 466 g/mol. The third-order valence-electron chi connectivity index (χ3n) is 4.50. The van der Waals surface area contributed by atoms with Gasteiger partial charge in [-0.3, -0.25) is 4.79 Å².